The van der Waals surface area contributed by atoms with Gasteiger partial charge in [0, 0.05) is 41.3 Å². The van der Waals surface area contributed by atoms with Crippen LogP contribution in [0.3, 0.4) is 0 Å². The molecule has 3 heterocycles. The first-order valence-electron chi connectivity index (χ1n) is 9.89. The maximum atomic E-state index is 12.7. The number of aryl methyl sites for hydroxylation is 1. The van der Waals surface area contributed by atoms with E-state index in [1.165, 1.54) is 23.1 Å². The normalized spacial score (nSPS) is 16.4. The molecule has 1 aliphatic rings. The number of H-pyrrole nitrogens is 1. The molecule has 1 amide bonds. The average molecular weight is 373 g/mol. The van der Waals surface area contributed by atoms with E-state index < -0.39 is 0 Å². The van der Waals surface area contributed by atoms with Crippen molar-refractivity contribution in [2.24, 2.45) is 5.92 Å². The summed E-state index contributed by atoms with van der Waals surface area (Å²) in [5.74, 6) is 1.50. The van der Waals surface area contributed by atoms with Gasteiger partial charge in [0.15, 0.2) is 5.65 Å². The lowest BCUT2D eigenvalue weighted by atomic mass is 9.87. The van der Waals surface area contributed by atoms with Gasteiger partial charge in [0.25, 0.3) is 5.91 Å². The number of rotatable bonds is 4. The highest BCUT2D eigenvalue weighted by molar-refractivity contribution is 5.99. The van der Waals surface area contributed by atoms with Crippen molar-refractivity contribution in [2.75, 3.05) is 6.54 Å². The minimum Gasteiger partial charge on any atom is -0.358 e. The Morgan fingerprint density at radius 1 is 1.29 bits per heavy atom. The molecule has 1 atom stereocenters. The standard InChI is InChI=1S/C22H23N5O/c1-14-5-7-18-16(12-14)17-13-15(6-8-19(17)24-18)22(28)23-10-9-21-26-25-20-4-2-3-11-27(20)21/h2-4,6,8,11,13-14,24H,5,7,9-10,12H2,1H3,(H,23,28)/t14-/m0/s1. The molecule has 0 unspecified atom stereocenters. The fourth-order valence-corrected chi connectivity index (χ4v) is 4.18. The summed E-state index contributed by atoms with van der Waals surface area (Å²) in [6.07, 6.45) is 5.98. The smallest absolute Gasteiger partial charge is 0.251 e. The average Bonchev–Trinajstić information content (AvgIpc) is 3.29. The van der Waals surface area contributed by atoms with Crippen molar-refractivity contribution in [3.63, 3.8) is 0 Å². The van der Waals surface area contributed by atoms with E-state index in [2.05, 4.69) is 27.4 Å². The third-order valence-electron chi connectivity index (χ3n) is 5.71. The molecule has 5 rings (SSSR count). The molecule has 0 spiro atoms. The molecule has 28 heavy (non-hydrogen) atoms. The first-order chi connectivity index (χ1) is 13.7. The SMILES string of the molecule is C[C@H]1CCc2[nH]c3ccc(C(=O)NCCc4nnc5ccccn45)cc3c2C1. The molecule has 3 aromatic heterocycles. The molecule has 0 aliphatic heterocycles. The lowest BCUT2D eigenvalue weighted by Crippen LogP contribution is -2.26. The van der Waals surface area contributed by atoms with Crippen LogP contribution in [0, 0.1) is 5.92 Å². The quantitative estimate of drug-likeness (QED) is 0.576. The molecule has 1 aliphatic carbocycles. The minimum absolute atomic E-state index is 0.0467. The van der Waals surface area contributed by atoms with Gasteiger partial charge in [0.05, 0.1) is 0 Å². The van der Waals surface area contributed by atoms with Crippen molar-refractivity contribution in [1.82, 2.24) is 24.9 Å². The molecule has 6 heteroatoms. The number of amides is 1. The van der Waals surface area contributed by atoms with Gasteiger partial charge in [0.1, 0.15) is 5.82 Å². The number of hydrogen-bond donors (Lipinski definition) is 2. The molecular weight excluding hydrogens is 350 g/mol. The second-order valence-corrected chi connectivity index (χ2v) is 7.74. The lowest BCUT2D eigenvalue weighted by molar-refractivity contribution is 0.0954. The van der Waals surface area contributed by atoms with Gasteiger partial charge in [-0.3, -0.25) is 9.20 Å². The number of aromatic nitrogens is 4. The summed E-state index contributed by atoms with van der Waals surface area (Å²) in [7, 11) is 0. The van der Waals surface area contributed by atoms with Crippen LogP contribution >= 0.6 is 0 Å². The summed E-state index contributed by atoms with van der Waals surface area (Å²) >= 11 is 0. The Balaban J connectivity index is 1.31. The zero-order chi connectivity index (χ0) is 19.1. The van der Waals surface area contributed by atoms with Gasteiger partial charge in [-0.05, 0) is 61.1 Å². The second-order valence-electron chi connectivity index (χ2n) is 7.74. The molecule has 142 valence electrons. The fourth-order valence-electron chi connectivity index (χ4n) is 4.18. The number of pyridine rings is 1. The number of aromatic amines is 1. The Morgan fingerprint density at radius 2 is 2.21 bits per heavy atom. The van der Waals surface area contributed by atoms with Gasteiger partial charge in [-0.1, -0.05) is 13.0 Å². The van der Waals surface area contributed by atoms with Crippen LogP contribution in [0.2, 0.25) is 0 Å². The van der Waals surface area contributed by atoms with Crippen LogP contribution < -0.4 is 5.32 Å². The summed E-state index contributed by atoms with van der Waals surface area (Å²) in [5, 5.41) is 12.6. The third-order valence-corrected chi connectivity index (χ3v) is 5.71. The van der Waals surface area contributed by atoms with Crippen molar-refractivity contribution in [3.05, 3.63) is 65.2 Å². The van der Waals surface area contributed by atoms with E-state index in [9.17, 15) is 4.79 Å². The predicted molar refractivity (Wildman–Crippen MR) is 109 cm³/mol. The first kappa shape index (κ1) is 17.0. The van der Waals surface area contributed by atoms with E-state index in [0.717, 1.165) is 29.8 Å². The molecule has 0 bridgehead atoms. The largest absolute Gasteiger partial charge is 0.358 e. The number of fused-ring (bicyclic) bond motifs is 4. The zero-order valence-corrected chi connectivity index (χ0v) is 15.9. The molecular formula is C22H23N5O. The van der Waals surface area contributed by atoms with Gasteiger partial charge in [-0.15, -0.1) is 10.2 Å². The second kappa shape index (κ2) is 6.78. The van der Waals surface area contributed by atoms with Crippen molar-refractivity contribution >= 4 is 22.5 Å². The van der Waals surface area contributed by atoms with E-state index in [1.54, 1.807) is 0 Å². The van der Waals surface area contributed by atoms with Crippen LogP contribution in [0.4, 0.5) is 0 Å². The summed E-state index contributed by atoms with van der Waals surface area (Å²) in [4.78, 5) is 16.2. The van der Waals surface area contributed by atoms with Crippen LogP contribution in [-0.4, -0.2) is 32.0 Å². The first-order valence-corrected chi connectivity index (χ1v) is 9.89. The van der Waals surface area contributed by atoms with Crippen LogP contribution in [0.25, 0.3) is 16.6 Å². The number of benzene rings is 1. The summed E-state index contributed by atoms with van der Waals surface area (Å²) in [6.45, 7) is 2.82. The summed E-state index contributed by atoms with van der Waals surface area (Å²) in [6, 6.07) is 11.8. The fraction of sp³-hybridized carbons (Fsp3) is 0.318. The Hall–Kier alpha value is -3.15. The Bertz CT molecular complexity index is 1170. The highest BCUT2D eigenvalue weighted by Gasteiger charge is 2.20. The molecule has 0 radical (unpaired) electrons. The van der Waals surface area contributed by atoms with Gasteiger partial charge in [0.2, 0.25) is 0 Å². The van der Waals surface area contributed by atoms with Gasteiger partial charge >= 0.3 is 0 Å². The molecule has 0 saturated heterocycles. The number of carbonyl (C=O) groups is 1. The number of nitrogens with zero attached hydrogens (tertiary/aromatic N) is 3. The Kier molecular flexibility index (Phi) is 4.11. The number of carbonyl (C=O) groups excluding carboxylic acids is 1. The zero-order valence-electron chi connectivity index (χ0n) is 15.9. The van der Waals surface area contributed by atoms with Crippen LogP contribution in [0.15, 0.2) is 42.6 Å². The van der Waals surface area contributed by atoms with Crippen molar-refractivity contribution in [3.8, 4) is 0 Å². The van der Waals surface area contributed by atoms with Crippen LogP contribution in [0.1, 0.15) is 40.8 Å². The highest BCUT2D eigenvalue weighted by Crippen LogP contribution is 2.32. The van der Waals surface area contributed by atoms with Crippen molar-refractivity contribution < 1.29 is 4.79 Å². The molecule has 1 aromatic carbocycles. The van der Waals surface area contributed by atoms with Crippen molar-refractivity contribution in [1.29, 1.82) is 0 Å². The van der Waals surface area contributed by atoms with Gasteiger partial charge in [-0.2, -0.15) is 0 Å². The monoisotopic (exact) mass is 373 g/mol. The van der Waals surface area contributed by atoms with E-state index >= 15 is 0 Å². The van der Waals surface area contributed by atoms with E-state index in [4.69, 9.17) is 0 Å². The van der Waals surface area contributed by atoms with Crippen LogP contribution in [-0.2, 0) is 19.3 Å². The molecule has 2 N–H and O–H groups in total. The molecule has 0 saturated carbocycles. The molecule has 0 fully saturated rings. The number of nitrogens with one attached hydrogen (secondary N) is 2. The minimum atomic E-state index is -0.0467. The van der Waals surface area contributed by atoms with E-state index in [0.29, 0.717) is 24.4 Å². The predicted octanol–water partition coefficient (Wildman–Crippen LogP) is 3.31. The molecule has 6 nitrogen and oxygen atoms in total. The van der Waals surface area contributed by atoms with E-state index in [1.807, 2.05) is 47.0 Å². The summed E-state index contributed by atoms with van der Waals surface area (Å²) < 4.78 is 1.95. The Morgan fingerprint density at radius 3 is 3.14 bits per heavy atom. The Labute approximate surface area is 163 Å². The lowest BCUT2D eigenvalue weighted by Gasteiger charge is -2.18. The maximum Gasteiger partial charge on any atom is 0.251 e. The topological polar surface area (TPSA) is 75.1 Å². The molecule has 4 aromatic rings. The third kappa shape index (κ3) is 2.95. The van der Waals surface area contributed by atoms with Gasteiger partial charge < -0.3 is 10.3 Å². The van der Waals surface area contributed by atoms with E-state index in [-0.39, 0.29) is 5.91 Å². The highest BCUT2D eigenvalue weighted by atomic mass is 16.1. The van der Waals surface area contributed by atoms with Crippen molar-refractivity contribution in [2.45, 2.75) is 32.6 Å². The van der Waals surface area contributed by atoms with Gasteiger partial charge in [-0.25, -0.2) is 0 Å². The summed E-state index contributed by atoms with van der Waals surface area (Å²) in [5.41, 5.74) is 5.38. The van der Waals surface area contributed by atoms with Crippen LogP contribution in [0.5, 0.6) is 0 Å². The maximum absolute atomic E-state index is 12.7. The number of hydrogen-bond acceptors (Lipinski definition) is 3.